The van der Waals surface area contributed by atoms with Crippen molar-refractivity contribution in [2.75, 3.05) is 34.0 Å². The molecule has 0 aromatic heterocycles. The maximum atomic E-state index is 13.0. The number of nitrogens with one attached hydrogen (secondary N) is 1. The van der Waals surface area contributed by atoms with Crippen molar-refractivity contribution >= 4 is 5.91 Å². The molecule has 1 unspecified atom stereocenters. The van der Waals surface area contributed by atoms with Gasteiger partial charge in [-0.3, -0.25) is 4.79 Å². The zero-order valence-electron chi connectivity index (χ0n) is 25.4. The summed E-state index contributed by atoms with van der Waals surface area (Å²) in [7, 11) is 3.30. The van der Waals surface area contributed by atoms with Crippen LogP contribution in [0.4, 0.5) is 0 Å². The molecule has 1 aromatic carbocycles. The molecule has 0 saturated heterocycles. The second-order valence-electron chi connectivity index (χ2n) is 12.1. The van der Waals surface area contributed by atoms with Crippen LogP contribution >= 0.6 is 0 Å². The lowest BCUT2D eigenvalue weighted by molar-refractivity contribution is -0.128. The van der Waals surface area contributed by atoms with E-state index >= 15 is 0 Å². The Morgan fingerprint density at radius 1 is 1.00 bits per heavy atom. The van der Waals surface area contributed by atoms with Crippen LogP contribution < -0.4 is 26.3 Å². The molecule has 1 aromatic rings. The minimum absolute atomic E-state index is 0.0141. The Hall–Kier alpha value is -1.91. The molecule has 0 radical (unpaired) electrons. The molecule has 5 atom stereocenters. The summed E-state index contributed by atoms with van der Waals surface area (Å²) in [5.41, 5.74) is 12.6. The molecule has 1 amide bonds. The highest BCUT2D eigenvalue weighted by Crippen LogP contribution is 2.32. The van der Waals surface area contributed by atoms with Crippen LogP contribution in [0.25, 0.3) is 0 Å². The van der Waals surface area contributed by atoms with Gasteiger partial charge in [0.2, 0.25) is 5.91 Å². The van der Waals surface area contributed by atoms with Gasteiger partial charge in [-0.05, 0) is 54.7 Å². The van der Waals surface area contributed by atoms with Gasteiger partial charge in [-0.15, -0.1) is 0 Å². The Bertz CT molecular complexity index is 846. The maximum absolute atomic E-state index is 13.0. The van der Waals surface area contributed by atoms with Crippen LogP contribution in [0.5, 0.6) is 11.5 Å². The fraction of sp³-hybridized carbons (Fsp3) is 0.767. The first-order valence-electron chi connectivity index (χ1n) is 14.2. The Balaban J connectivity index is 2.86. The van der Waals surface area contributed by atoms with Gasteiger partial charge in [0.1, 0.15) is 6.23 Å². The molecule has 0 spiro atoms. The van der Waals surface area contributed by atoms with Crippen molar-refractivity contribution in [3.8, 4) is 11.5 Å². The molecule has 9 nitrogen and oxygen atoms in total. The molecule has 0 bridgehead atoms. The van der Waals surface area contributed by atoms with Crippen LogP contribution in [-0.4, -0.2) is 68.5 Å². The van der Waals surface area contributed by atoms with Gasteiger partial charge in [0.05, 0.1) is 19.8 Å². The van der Waals surface area contributed by atoms with E-state index in [0.29, 0.717) is 37.1 Å². The number of hydrogen-bond acceptors (Lipinski definition) is 8. The predicted octanol–water partition coefficient (Wildman–Crippen LogP) is 3.09. The summed E-state index contributed by atoms with van der Waals surface area (Å²) in [5.74, 6) is 1.39. The van der Waals surface area contributed by atoms with Gasteiger partial charge in [0.15, 0.2) is 11.5 Å². The van der Waals surface area contributed by atoms with Crippen molar-refractivity contribution in [3.63, 3.8) is 0 Å². The van der Waals surface area contributed by atoms with Crippen molar-refractivity contribution in [1.29, 1.82) is 0 Å². The Labute approximate surface area is 236 Å². The molecule has 226 valence electrons. The highest BCUT2D eigenvalue weighted by atomic mass is 16.5. The van der Waals surface area contributed by atoms with Crippen LogP contribution in [0.2, 0.25) is 0 Å². The van der Waals surface area contributed by atoms with Gasteiger partial charge in [0.25, 0.3) is 0 Å². The summed E-state index contributed by atoms with van der Waals surface area (Å²) in [6.45, 7) is 13.2. The molecule has 9 heteroatoms. The lowest BCUT2D eigenvalue weighted by atomic mass is 9.80. The number of benzene rings is 1. The molecule has 0 aliphatic rings. The Morgan fingerprint density at radius 3 is 2.21 bits per heavy atom. The molecular formula is C30H55N3O6. The average Bonchev–Trinajstić information content (AvgIpc) is 2.87. The van der Waals surface area contributed by atoms with Gasteiger partial charge in [0, 0.05) is 44.1 Å². The van der Waals surface area contributed by atoms with E-state index in [0.717, 1.165) is 18.4 Å². The number of methoxy groups -OCH3 is 2. The molecule has 0 aliphatic heterocycles. The molecule has 0 fully saturated rings. The highest BCUT2D eigenvalue weighted by Gasteiger charge is 2.32. The number of aliphatic hydroxyl groups excluding tert-OH is 2. The molecule has 0 heterocycles. The van der Waals surface area contributed by atoms with E-state index in [9.17, 15) is 15.0 Å². The number of rotatable bonds is 19. The van der Waals surface area contributed by atoms with Gasteiger partial charge < -0.3 is 41.2 Å². The minimum atomic E-state index is -1.05. The summed E-state index contributed by atoms with van der Waals surface area (Å²) >= 11 is 0. The van der Waals surface area contributed by atoms with Crippen LogP contribution in [0.3, 0.4) is 0 Å². The van der Waals surface area contributed by atoms with E-state index in [2.05, 4.69) is 19.2 Å². The first-order chi connectivity index (χ1) is 18.2. The minimum Gasteiger partial charge on any atom is -0.493 e. The molecule has 1 rings (SSSR count). The second kappa shape index (κ2) is 17.0. The molecule has 0 aliphatic carbocycles. The van der Waals surface area contributed by atoms with Gasteiger partial charge in [-0.1, -0.05) is 47.6 Å². The van der Waals surface area contributed by atoms with E-state index < -0.39 is 29.7 Å². The molecule has 39 heavy (non-hydrogen) atoms. The summed E-state index contributed by atoms with van der Waals surface area (Å²) in [6.07, 6.45) is 0.574. The lowest BCUT2D eigenvalue weighted by Crippen LogP contribution is -2.48. The Morgan fingerprint density at radius 2 is 1.67 bits per heavy atom. The van der Waals surface area contributed by atoms with E-state index in [1.54, 1.807) is 28.1 Å². The Kier molecular flexibility index (Phi) is 15.3. The molecule has 0 saturated carbocycles. The largest absolute Gasteiger partial charge is 0.493 e. The van der Waals surface area contributed by atoms with E-state index in [-0.39, 0.29) is 30.7 Å². The standard InChI is InChI=1S/C30H55N3O6/c1-19(2)22(14-21-10-11-26(38-8)27(15-21)39-13-9-12-37-7)16-24(31)25(34)17-23(20(3)4)28(35)33-18-30(5,6)29(32)36/h10-11,15,19-20,22-25,29,34,36H,9,12-14,16-18,31-32H2,1-8H3,(H,33,35)/t22-,23-,24+,25+,29?/m0/s1. The van der Waals surface area contributed by atoms with Gasteiger partial charge >= 0.3 is 0 Å². The zero-order chi connectivity index (χ0) is 29.8. The third-order valence-corrected chi connectivity index (χ3v) is 7.64. The number of ether oxygens (including phenoxy) is 3. The summed E-state index contributed by atoms with van der Waals surface area (Å²) in [5, 5.41) is 23.7. The molecule has 7 N–H and O–H groups in total. The predicted molar refractivity (Wildman–Crippen MR) is 156 cm³/mol. The van der Waals surface area contributed by atoms with Gasteiger partial charge in [-0.25, -0.2) is 0 Å². The van der Waals surface area contributed by atoms with E-state index in [1.165, 1.54) is 0 Å². The van der Waals surface area contributed by atoms with Crippen LogP contribution in [0.15, 0.2) is 18.2 Å². The number of carbonyl (C=O) groups excluding carboxylic acids is 1. The highest BCUT2D eigenvalue weighted by molar-refractivity contribution is 5.79. The monoisotopic (exact) mass is 553 g/mol. The number of nitrogens with two attached hydrogens (primary N) is 2. The zero-order valence-corrected chi connectivity index (χ0v) is 25.4. The number of carbonyl (C=O) groups is 1. The fourth-order valence-corrected chi connectivity index (χ4v) is 4.41. The van der Waals surface area contributed by atoms with Crippen LogP contribution in [0.1, 0.15) is 66.4 Å². The third-order valence-electron chi connectivity index (χ3n) is 7.64. The van der Waals surface area contributed by atoms with E-state index in [1.807, 2.05) is 32.0 Å². The SMILES string of the molecule is COCCCOc1cc(C[C@@H](C[C@@H](N)[C@H](O)C[C@H](C(=O)NCC(C)(C)C(N)O)C(C)C)C(C)C)ccc1OC. The van der Waals surface area contributed by atoms with E-state index in [4.69, 9.17) is 25.7 Å². The molecular weight excluding hydrogens is 498 g/mol. The lowest BCUT2D eigenvalue weighted by Gasteiger charge is -2.31. The second-order valence-corrected chi connectivity index (χ2v) is 12.1. The summed E-state index contributed by atoms with van der Waals surface area (Å²) in [6, 6.07) is 5.50. The van der Waals surface area contributed by atoms with Crippen molar-refractivity contribution in [3.05, 3.63) is 23.8 Å². The smallest absolute Gasteiger partial charge is 0.223 e. The number of hydrogen-bond donors (Lipinski definition) is 5. The van der Waals surface area contributed by atoms with Crippen LogP contribution in [-0.2, 0) is 16.0 Å². The summed E-state index contributed by atoms with van der Waals surface area (Å²) in [4.78, 5) is 13.0. The summed E-state index contributed by atoms with van der Waals surface area (Å²) < 4.78 is 16.5. The maximum Gasteiger partial charge on any atom is 0.223 e. The fourth-order valence-electron chi connectivity index (χ4n) is 4.41. The van der Waals surface area contributed by atoms with Crippen molar-refractivity contribution in [2.24, 2.45) is 40.6 Å². The third kappa shape index (κ3) is 12.0. The normalized spacial score (nSPS) is 16.1. The van der Waals surface area contributed by atoms with Gasteiger partial charge in [-0.2, -0.15) is 0 Å². The van der Waals surface area contributed by atoms with Crippen molar-refractivity contribution in [2.45, 2.75) is 85.6 Å². The topological polar surface area (TPSA) is 149 Å². The van der Waals surface area contributed by atoms with Crippen LogP contribution in [0, 0.1) is 29.1 Å². The first kappa shape index (κ1) is 35.1. The van der Waals surface area contributed by atoms with Crippen molar-refractivity contribution in [1.82, 2.24) is 5.32 Å². The van der Waals surface area contributed by atoms with Crippen molar-refractivity contribution < 1.29 is 29.2 Å². The average molecular weight is 554 g/mol. The number of amides is 1. The first-order valence-corrected chi connectivity index (χ1v) is 14.2. The number of aliphatic hydroxyl groups is 2. The quantitative estimate of drug-likeness (QED) is 0.130.